The van der Waals surface area contributed by atoms with Crippen LogP contribution in [0, 0.1) is 5.92 Å². The SMILES string of the molecule is O=C(O)CCc1nc2c(NC(=O)CC3CCCNC3)cccc2[nH]1. The second kappa shape index (κ2) is 7.44. The molecule has 4 N–H and O–H groups in total. The molecule has 0 bridgehead atoms. The summed E-state index contributed by atoms with van der Waals surface area (Å²) in [5.41, 5.74) is 2.14. The number of nitrogens with one attached hydrogen (secondary N) is 3. The van der Waals surface area contributed by atoms with E-state index in [4.69, 9.17) is 5.11 Å². The van der Waals surface area contributed by atoms with Crippen molar-refractivity contribution in [2.24, 2.45) is 5.92 Å². The number of hydrogen-bond donors (Lipinski definition) is 4. The van der Waals surface area contributed by atoms with Crippen molar-refractivity contribution in [3.63, 3.8) is 0 Å². The number of rotatable bonds is 6. The van der Waals surface area contributed by atoms with Crippen LogP contribution in [0.4, 0.5) is 5.69 Å². The van der Waals surface area contributed by atoms with Gasteiger partial charge in [0.1, 0.15) is 11.3 Å². The molecule has 0 spiro atoms. The molecule has 24 heavy (non-hydrogen) atoms. The fraction of sp³-hybridized carbons (Fsp3) is 0.471. The molecule has 0 saturated carbocycles. The van der Waals surface area contributed by atoms with Crippen molar-refractivity contribution in [2.75, 3.05) is 18.4 Å². The maximum atomic E-state index is 12.3. The largest absolute Gasteiger partial charge is 0.481 e. The normalized spacial score (nSPS) is 17.8. The molecule has 2 heterocycles. The number of carbonyl (C=O) groups is 2. The quantitative estimate of drug-likeness (QED) is 0.647. The minimum absolute atomic E-state index is 0.00807. The molecule has 1 unspecified atom stereocenters. The van der Waals surface area contributed by atoms with Crippen LogP contribution in [0.1, 0.15) is 31.5 Å². The number of carboxylic acids is 1. The number of H-pyrrole nitrogens is 1. The number of aliphatic carboxylic acids is 1. The monoisotopic (exact) mass is 330 g/mol. The predicted octanol–water partition coefficient (Wildman–Crippen LogP) is 1.91. The zero-order valence-corrected chi connectivity index (χ0v) is 13.5. The number of aryl methyl sites for hydroxylation is 1. The van der Waals surface area contributed by atoms with Crippen LogP contribution in [0.5, 0.6) is 0 Å². The molecular weight excluding hydrogens is 308 g/mol. The number of hydrogen-bond acceptors (Lipinski definition) is 4. The smallest absolute Gasteiger partial charge is 0.303 e. The van der Waals surface area contributed by atoms with Gasteiger partial charge in [0.15, 0.2) is 0 Å². The van der Waals surface area contributed by atoms with E-state index in [1.54, 1.807) is 0 Å². The number of para-hydroxylation sites is 1. The Kier molecular flexibility index (Phi) is 5.10. The first-order valence-electron chi connectivity index (χ1n) is 8.32. The van der Waals surface area contributed by atoms with Crippen molar-refractivity contribution in [2.45, 2.75) is 32.1 Å². The third-order valence-corrected chi connectivity index (χ3v) is 4.28. The Hall–Kier alpha value is -2.41. The van der Waals surface area contributed by atoms with Gasteiger partial charge in [-0.1, -0.05) is 6.07 Å². The highest BCUT2D eigenvalue weighted by Gasteiger charge is 2.18. The zero-order chi connectivity index (χ0) is 16.9. The van der Waals surface area contributed by atoms with Gasteiger partial charge in [-0.05, 0) is 44.0 Å². The highest BCUT2D eigenvalue weighted by Crippen LogP contribution is 2.23. The number of amides is 1. The summed E-state index contributed by atoms with van der Waals surface area (Å²) in [7, 11) is 0. The number of piperidine rings is 1. The van der Waals surface area contributed by atoms with E-state index < -0.39 is 5.97 Å². The Balaban J connectivity index is 1.69. The number of anilines is 1. The molecule has 1 aromatic carbocycles. The van der Waals surface area contributed by atoms with Gasteiger partial charge in [0.2, 0.25) is 5.91 Å². The van der Waals surface area contributed by atoms with E-state index in [1.165, 1.54) is 0 Å². The number of benzene rings is 1. The predicted molar refractivity (Wildman–Crippen MR) is 90.9 cm³/mol. The van der Waals surface area contributed by atoms with Gasteiger partial charge in [0, 0.05) is 12.8 Å². The molecular formula is C17H22N4O3. The van der Waals surface area contributed by atoms with Crippen LogP contribution in [-0.2, 0) is 16.0 Å². The second-order valence-corrected chi connectivity index (χ2v) is 6.24. The van der Waals surface area contributed by atoms with Crippen LogP contribution in [0.3, 0.4) is 0 Å². The molecule has 7 heteroatoms. The first kappa shape index (κ1) is 16.4. The fourth-order valence-corrected chi connectivity index (χ4v) is 3.09. The fourth-order valence-electron chi connectivity index (χ4n) is 3.09. The van der Waals surface area contributed by atoms with Gasteiger partial charge in [0.05, 0.1) is 17.6 Å². The standard InChI is InChI=1S/C17H22N4O3/c22-15(9-11-3-2-8-18-10-11)20-13-5-1-4-12-17(13)21-14(19-12)6-7-16(23)24/h1,4-5,11,18H,2-3,6-10H2,(H,19,21)(H,20,22)(H,23,24). The van der Waals surface area contributed by atoms with Crippen LogP contribution < -0.4 is 10.6 Å². The first-order valence-corrected chi connectivity index (χ1v) is 8.32. The number of nitrogens with zero attached hydrogens (tertiary/aromatic N) is 1. The number of carboxylic acid groups (broad SMARTS) is 1. The van der Waals surface area contributed by atoms with Gasteiger partial charge < -0.3 is 20.7 Å². The summed E-state index contributed by atoms with van der Waals surface area (Å²) in [4.78, 5) is 30.5. The Labute approximate surface area is 139 Å². The summed E-state index contributed by atoms with van der Waals surface area (Å²) in [6.45, 7) is 1.92. The lowest BCUT2D eigenvalue weighted by molar-refractivity contribution is -0.137. The molecule has 1 saturated heterocycles. The third kappa shape index (κ3) is 4.11. The molecule has 1 aliphatic rings. The average molecular weight is 330 g/mol. The second-order valence-electron chi connectivity index (χ2n) is 6.24. The lowest BCUT2D eigenvalue weighted by Crippen LogP contribution is -2.32. The van der Waals surface area contributed by atoms with Crippen LogP contribution in [0.2, 0.25) is 0 Å². The van der Waals surface area contributed by atoms with E-state index in [1.807, 2.05) is 18.2 Å². The molecule has 0 aliphatic carbocycles. The van der Waals surface area contributed by atoms with Crippen LogP contribution in [0.25, 0.3) is 11.0 Å². The topological polar surface area (TPSA) is 107 Å². The summed E-state index contributed by atoms with van der Waals surface area (Å²) in [6.07, 6.45) is 3.05. The van der Waals surface area contributed by atoms with Gasteiger partial charge in [0.25, 0.3) is 0 Å². The lowest BCUT2D eigenvalue weighted by atomic mass is 9.96. The maximum Gasteiger partial charge on any atom is 0.303 e. The van der Waals surface area contributed by atoms with Gasteiger partial charge in [-0.2, -0.15) is 0 Å². The summed E-state index contributed by atoms with van der Waals surface area (Å²) in [5.74, 6) is 0.130. The molecule has 1 aliphatic heterocycles. The number of fused-ring (bicyclic) bond motifs is 1. The van der Waals surface area contributed by atoms with Crippen molar-refractivity contribution in [3.05, 3.63) is 24.0 Å². The van der Waals surface area contributed by atoms with Gasteiger partial charge in [-0.3, -0.25) is 9.59 Å². The highest BCUT2D eigenvalue weighted by atomic mass is 16.4. The summed E-state index contributed by atoms with van der Waals surface area (Å²) in [6, 6.07) is 5.54. The van der Waals surface area contributed by atoms with Crippen LogP contribution in [0.15, 0.2) is 18.2 Å². The first-order chi connectivity index (χ1) is 11.6. The molecule has 2 aromatic rings. The lowest BCUT2D eigenvalue weighted by Gasteiger charge is -2.22. The number of imidazole rings is 1. The minimum Gasteiger partial charge on any atom is -0.481 e. The molecule has 1 aromatic heterocycles. The third-order valence-electron chi connectivity index (χ3n) is 4.28. The van der Waals surface area contributed by atoms with Crippen molar-refractivity contribution in [1.29, 1.82) is 0 Å². The molecule has 0 radical (unpaired) electrons. The Morgan fingerprint density at radius 1 is 1.38 bits per heavy atom. The number of aromatic nitrogens is 2. The van der Waals surface area contributed by atoms with Gasteiger partial charge in [-0.15, -0.1) is 0 Å². The van der Waals surface area contributed by atoms with Gasteiger partial charge in [-0.25, -0.2) is 4.98 Å². The Bertz CT molecular complexity index is 735. The molecule has 128 valence electrons. The maximum absolute atomic E-state index is 12.3. The van der Waals surface area contributed by atoms with Crippen molar-refractivity contribution >= 4 is 28.6 Å². The van der Waals surface area contributed by atoms with E-state index in [9.17, 15) is 9.59 Å². The van der Waals surface area contributed by atoms with E-state index >= 15 is 0 Å². The molecule has 1 amide bonds. The summed E-state index contributed by atoms with van der Waals surface area (Å²) in [5, 5.41) is 15.0. The Morgan fingerprint density at radius 3 is 3.00 bits per heavy atom. The summed E-state index contributed by atoms with van der Waals surface area (Å²) >= 11 is 0. The molecule has 3 rings (SSSR count). The molecule has 7 nitrogen and oxygen atoms in total. The number of aromatic amines is 1. The van der Waals surface area contributed by atoms with E-state index in [0.29, 0.717) is 35.8 Å². The van der Waals surface area contributed by atoms with E-state index in [2.05, 4.69) is 20.6 Å². The summed E-state index contributed by atoms with van der Waals surface area (Å²) < 4.78 is 0. The molecule has 1 fully saturated rings. The van der Waals surface area contributed by atoms with Crippen molar-refractivity contribution in [3.8, 4) is 0 Å². The molecule has 1 atom stereocenters. The van der Waals surface area contributed by atoms with Crippen molar-refractivity contribution in [1.82, 2.24) is 15.3 Å². The van der Waals surface area contributed by atoms with Crippen LogP contribution in [-0.4, -0.2) is 40.0 Å². The minimum atomic E-state index is -0.856. The average Bonchev–Trinajstić information content (AvgIpc) is 2.98. The Morgan fingerprint density at radius 2 is 2.25 bits per heavy atom. The van der Waals surface area contributed by atoms with E-state index in [-0.39, 0.29) is 12.3 Å². The van der Waals surface area contributed by atoms with Crippen molar-refractivity contribution < 1.29 is 14.7 Å². The van der Waals surface area contributed by atoms with Crippen LogP contribution >= 0.6 is 0 Å². The van der Waals surface area contributed by atoms with Gasteiger partial charge >= 0.3 is 5.97 Å². The zero-order valence-electron chi connectivity index (χ0n) is 13.5. The van der Waals surface area contributed by atoms with E-state index in [0.717, 1.165) is 31.4 Å². The number of carbonyl (C=O) groups excluding carboxylic acids is 1. The highest BCUT2D eigenvalue weighted by molar-refractivity contribution is 5.99.